The Morgan fingerprint density at radius 1 is 0.829 bits per heavy atom. The summed E-state index contributed by atoms with van der Waals surface area (Å²) in [6.45, 7) is 5.81. The fraction of sp³-hybridized carbons (Fsp3) is 0.207. The van der Waals surface area contributed by atoms with Gasteiger partial charge in [0.25, 0.3) is 11.8 Å². The average Bonchev–Trinajstić information content (AvgIpc) is 2.87. The van der Waals surface area contributed by atoms with E-state index in [2.05, 4.69) is 10.2 Å². The van der Waals surface area contributed by atoms with Gasteiger partial charge in [0.05, 0.1) is 0 Å². The lowest BCUT2D eigenvalue weighted by molar-refractivity contribution is -0.129. The van der Waals surface area contributed by atoms with Crippen LogP contribution in [0.2, 0.25) is 0 Å². The minimum absolute atomic E-state index is 0.0358. The van der Waals surface area contributed by atoms with Crippen LogP contribution in [0.5, 0.6) is 0 Å². The van der Waals surface area contributed by atoms with Crippen LogP contribution in [0, 0.1) is 6.92 Å². The van der Waals surface area contributed by atoms with Crippen molar-refractivity contribution in [3.63, 3.8) is 0 Å². The van der Waals surface area contributed by atoms with Crippen molar-refractivity contribution in [2.75, 3.05) is 36.4 Å². The van der Waals surface area contributed by atoms with Crippen LogP contribution in [0.1, 0.15) is 28.4 Å². The predicted molar refractivity (Wildman–Crippen MR) is 139 cm³/mol. The summed E-state index contributed by atoms with van der Waals surface area (Å²) in [5.74, 6) is -0.676. The lowest BCUT2D eigenvalue weighted by Gasteiger charge is -2.36. The van der Waals surface area contributed by atoms with Crippen LogP contribution in [0.3, 0.4) is 0 Å². The molecule has 1 saturated heterocycles. The third-order valence-electron chi connectivity index (χ3n) is 6.07. The predicted octanol–water partition coefficient (Wildman–Crippen LogP) is 4.57. The molecule has 0 atom stereocenters. The number of hydrogen-bond acceptors (Lipinski definition) is 4. The smallest absolute Gasteiger partial charge is 0.261 e. The molecule has 2 amide bonds. The Hall–Kier alpha value is -4.19. The molecule has 0 bridgehead atoms. The summed E-state index contributed by atoms with van der Waals surface area (Å²) in [7, 11) is 0. The topological polar surface area (TPSA) is 69.7 Å². The minimum Gasteiger partial charge on any atom is -0.368 e. The number of nitrogens with one attached hydrogen (secondary N) is 1. The second-order valence-corrected chi connectivity index (χ2v) is 8.67. The Bertz CT molecular complexity index is 1240. The van der Waals surface area contributed by atoms with Gasteiger partial charge in [0.2, 0.25) is 0 Å². The normalized spacial score (nSPS) is 13.9. The number of carbonyl (C=O) groups excluding carboxylic acids is 3. The number of ketones is 1. The number of Topliss-reactive ketones (excluding diaryl/α,β-unsaturated/α-hetero) is 1. The molecule has 1 aliphatic rings. The zero-order valence-electron chi connectivity index (χ0n) is 20.0. The Labute approximate surface area is 205 Å². The molecule has 0 aromatic heterocycles. The van der Waals surface area contributed by atoms with Crippen molar-refractivity contribution in [2.45, 2.75) is 13.8 Å². The maximum Gasteiger partial charge on any atom is 0.261 e. The van der Waals surface area contributed by atoms with Crippen LogP contribution in [0.4, 0.5) is 11.4 Å². The minimum atomic E-state index is -0.426. The molecule has 0 spiro atoms. The number of rotatable bonds is 6. The van der Waals surface area contributed by atoms with Crippen molar-refractivity contribution in [1.29, 1.82) is 0 Å². The summed E-state index contributed by atoms with van der Waals surface area (Å²) in [5.41, 5.74) is 4.30. The van der Waals surface area contributed by atoms with Crippen LogP contribution in [0.25, 0.3) is 6.08 Å². The number of amides is 2. The molecule has 3 aromatic rings. The molecule has 178 valence electrons. The second-order valence-electron chi connectivity index (χ2n) is 8.67. The van der Waals surface area contributed by atoms with E-state index in [-0.39, 0.29) is 17.3 Å². The van der Waals surface area contributed by atoms with Crippen LogP contribution in [-0.2, 0) is 9.59 Å². The standard InChI is InChI=1S/C29H29N3O3/c1-21-7-6-8-23(19-21)20-27(28(34)30-25-9-4-3-5-10-25)29(35)32-17-15-31(16-18-32)26-13-11-24(12-14-26)22(2)33/h3-14,19-20H,15-18H2,1-2H3,(H,30,34). The Morgan fingerprint density at radius 3 is 2.14 bits per heavy atom. The lowest BCUT2D eigenvalue weighted by atomic mass is 10.1. The zero-order valence-corrected chi connectivity index (χ0v) is 20.0. The highest BCUT2D eigenvalue weighted by Crippen LogP contribution is 2.20. The number of nitrogens with zero attached hydrogens (tertiary/aromatic N) is 2. The van der Waals surface area contributed by atoms with Crippen LogP contribution < -0.4 is 10.2 Å². The van der Waals surface area contributed by atoms with Crippen LogP contribution >= 0.6 is 0 Å². The van der Waals surface area contributed by atoms with E-state index in [1.54, 1.807) is 30.0 Å². The molecular weight excluding hydrogens is 438 g/mol. The molecule has 1 fully saturated rings. The molecule has 1 heterocycles. The van der Waals surface area contributed by atoms with Gasteiger partial charge in [-0.15, -0.1) is 0 Å². The largest absolute Gasteiger partial charge is 0.368 e. The lowest BCUT2D eigenvalue weighted by Crippen LogP contribution is -2.50. The molecule has 1 N–H and O–H groups in total. The van der Waals surface area contributed by atoms with Gasteiger partial charge in [-0.1, -0.05) is 48.0 Å². The number of carbonyl (C=O) groups is 3. The van der Waals surface area contributed by atoms with Crippen LogP contribution in [0.15, 0.2) is 84.4 Å². The van der Waals surface area contributed by atoms with Gasteiger partial charge in [-0.25, -0.2) is 0 Å². The van der Waals surface area contributed by atoms with Crippen LogP contribution in [-0.4, -0.2) is 48.7 Å². The van der Waals surface area contributed by atoms with E-state index in [9.17, 15) is 14.4 Å². The van der Waals surface area contributed by atoms with E-state index in [0.717, 1.165) is 16.8 Å². The zero-order chi connectivity index (χ0) is 24.8. The Morgan fingerprint density at radius 2 is 1.51 bits per heavy atom. The summed E-state index contributed by atoms with van der Waals surface area (Å²) in [6.07, 6.45) is 1.67. The van der Waals surface area contributed by atoms with Gasteiger partial charge in [-0.2, -0.15) is 0 Å². The highest BCUT2D eigenvalue weighted by atomic mass is 16.2. The van der Waals surface area contributed by atoms with Crippen molar-refractivity contribution in [1.82, 2.24) is 4.90 Å². The second kappa shape index (κ2) is 10.8. The first-order valence-corrected chi connectivity index (χ1v) is 11.7. The van der Waals surface area contributed by atoms with E-state index in [0.29, 0.717) is 37.4 Å². The van der Waals surface area contributed by atoms with Gasteiger partial charge < -0.3 is 15.1 Å². The van der Waals surface area contributed by atoms with Gasteiger partial charge >= 0.3 is 0 Å². The molecule has 0 radical (unpaired) electrons. The maximum absolute atomic E-state index is 13.5. The molecule has 1 aliphatic heterocycles. The SMILES string of the molecule is CC(=O)c1ccc(N2CCN(C(=O)C(=Cc3cccc(C)c3)C(=O)Nc3ccccc3)CC2)cc1. The van der Waals surface area contributed by atoms with E-state index < -0.39 is 5.91 Å². The van der Waals surface area contributed by atoms with Gasteiger partial charge in [0.1, 0.15) is 5.57 Å². The molecule has 0 saturated carbocycles. The first-order valence-electron chi connectivity index (χ1n) is 11.7. The van der Waals surface area contributed by atoms with Crippen molar-refractivity contribution in [2.24, 2.45) is 0 Å². The van der Waals surface area contributed by atoms with E-state index in [1.807, 2.05) is 73.7 Å². The third kappa shape index (κ3) is 6.03. The number of para-hydroxylation sites is 1. The molecule has 0 unspecified atom stereocenters. The summed E-state index contributed by atoms with van der Waals surface area (Å²) in [5, 5.41) is 2.85. The van der Waals surface area contributed by atoms with Crippen molar-refractivity contribution in [3.8, 4) is 0 Å². The Kier molecular flexibility index (Phi) is 7.41. The highest BCUT2D eigenvalue weighted by molar-refractivity contribution is 6.25. The van der Waals surface area contributed by atoms with Crippen molar-refractivity contribution < 1.29 is 14.4 Å². The molecular formula is C29H29N3O3. The fourth-order valence-corrected chi connectivity index (χ4v) is 4.12. The molecule has 6 nitrogen and oxygen atoms in total. The first-order chi connectivity index (χ1) is 16.9. The monoisotopic (exact) mass is 467 g/mol. The number of hydrogen-bond donors (Lipinski definition) is 1. The van der Waals surface area contributed by atoms with Gasteiger partial charge in [0, 0.05) is 43.1 Å². The van der Waals surface area contributed by atoms with Crippen molar-refractivity contribution >= 4 is 35.0 Å². The van der Waals surface area contributed by atoms with Gasteiger partial charge in [-0.05, 0) is 61.9 Å². The number of aryl methyl sites for hydroxylation is 1. The molecule has 0 aliphatic carbocycles. The summed E-state index contributed by atoms with van der Waals surface area (Å²) in [4.78, 5) is 42.2. The number of benzene rings is 3. The molecule has 3 aromatic carbocycles. The summed E-state index contributed by atoms with van der Waals surface area (Å²) in [6, 6.07) is 24.4. The summed E-state index contributed by atoms with van der Waals surface area (Å²) >= 11 is 0. The quantitative estimate of drug-likeness (QED) is 0.250. The van der Waals surface area contributed by atoms with Gasteiger partial charge in [-0.3, -0.25) is 14.4 Å². The first kappa shape index (κ1) is 24.0. The average molecular weight is 468 g/mol. The molecule has 6 heteroatoms. The Balaban J connectivity index is 1.51. The summed E-state index contributed by atoms with van der Waals surface area (Å²) < 4.78 is 0. The number of piperazine rings is 1. The van der Waals surface area contributed by atoms with Gasteiger partial charge in [0.15, 0.2) is 5.78 Å². The van der Waals surface area contributed by atoms with E-state index in [1.165, 1.54) is 0 Å². The third-order valence-corrected chi connectivity index (χ3v) is 6.07. The van der Waals surface area contributed by atoms with E-state index >= 15 is 0 Å². The fourth-order valence-electron chi connectivity index (χ4n) is 4.12. The van der Waals surface area contributed by atoms with Crippen molar-refractivity contribution in [3.05, 3.63) is 101 Å². The van der Waals surface area contributed by atoms with E-state index in [4.69, 9.17) is 0 Å². The highest BCUT2D eigenvalue weighted by Gasteiger charge is 2.27. The molecule has 4 rings (SSSR count). The molecule has 35 heavy (non-hydrogen) atoms. The maximum atomic E-state index is 13.5. The number of anilines is 2.